The Morgan fingerprint density at radius 2 is 1.61 bits per heavy atom. The Morgan fingerprint density at radius 1 is 1.04 bits per heavy atom. The molecular formula is C40H79N5O5S. The van der Waals surface area contributed by atoms with Gasteiger partial charge in [-0.05, 0) is 76.5 Å². The predicted molar refractivity (Wildman–Crippen MR) is 222 cm³/mol. The fourth-order valence-corrected chi connectivity index (χ4v) is 4.55. The number of urea groups is 1. The van der Waals surface area contributed by atoms with E-state index >= 15 is 0 Å². The van der Waals surface area contributed by atoms with Crippen LogP contribution >= 0.6 is 11.9 Å². The van der Waals surface area contributed by atoms with Crippen molar-refractivity contribution in [3.8, 4) is 0 Å². The van der Waals surface area contributed by atoms with Crippen molar-refractivity contribution < 1.29 is 24.3 Å². The van der Waals surface area contributed by atoms with Gasteiger partial charge in [0.15, 0.2) is 0 Å². The number of likely N-dealkylation sites (N-methyl/N-ethyl adjacent to an activating group) is 1. The zero-order valence-corrected chi connectivity index (χ0v) is 35.6. The average molecular weight is 742 g/mol. The second-order valence-electron chi connectivity index (χ2n) is 11.9. The smallest absolute Gasteiger partial charge is 0.315 e. The summed E-state index contributed by atoms with van der Waals surface area (Å²) in [7, 11) is 3.92. The summed E-state index contributed by atoms with van der Waals surface area (Å²) < 4.78 is 2.23. The highest BCUT2D eigenvalue weighted by Gasteiger charge is 2.28. The molecule has 0 spiro atoms. The Kier molecular flexibility index (Phi) is 51.2. The third kappa shape index (κ3) is 41.6. The Labute approximate surface area is 318 Å². The molecule has 2 rings (SSSR count). The van der Waals surface area contributed by atoms with Gasteiger partial charge in [0.1, 0.15) is 12.6 Å². The fourth-order valence-electron chi connectivity index (χ4n) is 3.98. The molecule has 11 heteroatoms. The molecule has 0 unspecified atom stereocenters. The molecule has 1 heterocycles. The molecule has 0 bridgehead atoms. The molecule has 1 saturated heterocycles. The molecule has 1 aliphatic rings. The first kappa shape index (κ1) is 57.6. The lowest BCUT2D eigenvalue weighted by Gasteiger charge is -2.35. The number of carbonyl (C=O) groups is 4. The molecule has 0 saturated carbocycles. The predicted octanol–water partition coefficient (Wildman–Crippen LogP) is 8.47. The van der Waals surface area contributed by atoms with Crippen LogP contribution in [0.2, 0.25) is 0 Å². The summed E-state index contributed by atoms with van der Waals surface area (Å²) in [4.78, 5) is 42.9. The summed E-state index contributed by atoms with van der Waals surface area (Å²) >= 11 is 1.66. The SMILES string of the molecule is CC.CC.CC/C=C\CCCCC.CCNC.CN1CCC[C@H]1C=O.CSN(Cc1ccccc1)C[C@@H](NC(=O)NCC=O)C(C)(C)C.O=CO. The molecule has 1 aromatic carbocycles. The molecule has 300 valence electrons. The summed E-state index contributed by atoms with van der Waals surface area (Å²) in [6.45, 7) is 24.2. The van der Waals surface area contributed by atoms with Gasteiger partial charge in [-0.15, -0.1) is 0 Å². The van der Waals surface area contributed by atoms with E-state index < -0.39 is 0 Å². The van der Waals surface area contributed by atoms with Crippen LogP contribution in [-0.4, -0.2) is 98.0 Å². The highest BCUT2D eigenvalue weighted by molar-refractivity contribution is 7.96. The number of hydrogen-bond acceptors (Lipinski definition) is 8. The lowest BCUT2D eigenvalue weighted by atomic mass is 9.86. The van der Waals surface area contributed by atoms with E-state index in [1.165, 1.54) is 44.1 Å². The van der Waals surface area contributed by atoms with Gasteiger partial charge in [0.2, 0.25) is 0 Å². The van der Waals surface area contributed by atoms with Crippen LogP contribution in [0.25, 0.3) is 0 Å². The second kappa shape index (κ2) is 45.3. The van der Waals surface area contributed by atoms with Gasteiger partial charge in [-0.1, -0.05) is 137 Å². The maximum atomic E-state index is 11.9. The van der Waals surface area contributed by atoms with Gasteiger partial charge in [0.25, 0.3) is 6.47 Å². The van der Waals surface area contributed by atoms with Crippen LogP contribution in [0.1, 0.15) is 120 Å². The fraction of sp³-hybridized carbons (Fsp3) is 0.700. The van der Waals surface area contributed by atoms with Gasteiger partial charge >= 0.3 is 6.03 Å². The summed E-state index contributed by atoms with van der Waals surface area (Å²) in [5.41, 5.74) is 1.14. The highest BCUT2D eigenvalue weighted by atomic mass is 32.2. The Morgan fingerprint density at radius 3 is 1.98 bits per heavy atom. The molecular weight excluding hydrogens is 663 g/mol. The Balaban J connectivity index is -0.000000206. The summed E-state index contributed by atoms with van der Waals surface area (Å²) in [6.07, 6.45) is 17.1. The number of amides is 2. The zero-order chi connectivity index (χ0) is 40.3. The first-order chi connectivity index (χ1) is 24.4. The molecule has 1 aliphatic heterocycles. The number of aldehydes is 2. The number of allylic oxidation sites excluding steroid dienone is 2. The van der Waals surface area contributed by atoms with E-state index in [-0.39, 0.29) is 36.5 Å². The molecule has 0 aliphatic carbocycles. The third-order valence-corrected chi connectivity index (χ3v) is 7.80. The topological polar surface area (TPSA) is 131 Å². The molecule has 2 atom stereocenters. The maximum absolute atomic E-state index is 11.9. The number of carbonyl (C=O) groups excluding carboxylic acids is 3. The minimum atomic E-state index is -0.308. The quantitative estimate of drug-likeness (QED) is 0.0605. The van der Waals surface area contributed by atoms with Gasteiger partial charge in [0, 0.05) is 19.1 Å². The molecule has 0 aromatic heterocycles. The average Bonchev–Trinajstić information content (AvgIpc) is 3.57. The van der Waals surface area contributed by atoms with E-state index in [1.54, 1.807) is 11.9 Å². The van der Waals surface area contributed by atoms with E-state index in [4.69, 9.17) is 9.90 Å². The Bertz CT molecular complexity index is 899. The molecule has 51 heavy (non-hydrogen) atoms. The van der Waals surface area contributed by atoms with E-state index in [2.05, 4.69) is 91.0 Å². The van der Waals surface area contributed by atoms with Crippen LogP contribution in [0.5, 0.6) is 0 Å². The minimum absolute atomic E-state index is 0.0267. The van der Waals surface area contributed by atoms with Crippen molar-refractivity contribution in [1.82, 2.24) is 25.2 Å². The van der Waals surface area contributed by atoms with Crippen molar-refractivity contribution >= 4 is 37.0 Å². The number of unbranched alkanes of at least 4 members (excludes halogenated alkanes) is 3. The lowest BCUT2D eigenvalue weighted by Crippen LogP contribution is -2.52. The van der Waals surface area contributed by atoms with Crippen LogP contribution in [0.15, 0.2) is 42.5 Å². The first-order valence-electron chi connectivity index (χ1n) is 18.8. The van der Waals surface area contributed by atoms with Crippen LogP contribution < -0.4 is 16.0 Å². The third-order valence-electron chi connectivity index (χ3n) is 7.01. The van der Waals surface area contributed by atoms with Gasteiger partial charge in [-0.2, -0.15) is 0 Å². The number of hydrogen-bond donors (Lipinski definition) is 4. The van der Waals surface area contributed by atoms with Crippen molar-refractivity contribution in [2.75, 3.05) is 46.5 Å². The van der Waals surface area contributed by atoms with Crippen LogP contribution in [-0.2, 0) is 20.9 Å². The highest BCUT2D eigenvalue weighted by Crippen LogP contribution is 2.23. The number of carboxylic acid groups (broad SMARTS) is 1. The molecule has 1 fully saturated rings. The molecule has 2 amide bonds. The molecule has 10 nitrogen and oxygen atoms in total. The number of benzene rings is 1. The van der Waals surface area contributed by atoms with Crippen LogP contribution in [0.3, 0.4) is 0 Å². The van der Waals surface area contributed by atoms with Crippen molar-refractivity contribution in [2.45, 2.75) is 133 Å². The van der Waals surface area contributed by atoms with Gasteiger partial charge in [0.05, 0.1) is 12.6 Å². The lowest BCUT2D eigenvalue weighted by molar-refractivity contribution is -0.123. The normalized spacial score (nSPS) is 13.6. The first-order valence-corrected chi connectivity index (χ1v) is 20.0. The summed E-state index contributed by atoms with van der Waals surface area (Å²) in [6, 6.07) is 10.1. The van der Waals surface area contributed by atoms with E-state index in [0.717, 1.165) is 32.3 Å². The largest absolute Gasteiger partial charge is 0.483 e. The summed E-state index contributed by atoms with van der Waals surface area (Å²) in [5, 5.41) is 15.3. The Hall–Kier alpha value is -2.73. The number of likely N-dealkylation sites (tertiary alicyclic amines) is 1. The van der Waals surface area contributed by atoms with Gasteiger partial charge in [-0.25, -0.2) is 9.10 Å². The standard InChI is InChI=1S/C17H27N3O2S.C9H18.C6H11NO.C3H9N.2C2H6.CH2O2/c1-17(2,3)15(19-16(22)18-10-11-21)13-20(23-4)12-14-8-6-5-7-9-14;1-3-5-7-9-8-6-4-2;1-7-4-2-3-6(7)5-8;1-3-4-2;2*1-2;2-1-3/h5-9,11,15H,10,12-13H2,1-4H3,(H2,18,19,22);5,7H,3-4,6,8-9H2,1-2H3;5-6H,2-4H2,1H3;4H,3H2,1-2H3;2*1-2H3;1H,(H,2,3)/b;7-5-;;;;;/t15-;;6-;;;;/m1.0..../s1. The van der Waals surface area contributed by atoms with Crippen molar-refractivity contribution in [3.05, 3.63) is 48.0 Å². The zero-order valence-electron chi connectivity index (χ0n) is 34.8. The number of nitrogens with one attached hydrogen (secondary N) is 3. The summed E-state index contributed by atoms with van der Waals surface area (Å²) in [5.74, 6) is 0. The van der Waals surface area contributed by atoms with Crippen LogP contribution in [0.4, 0.5) is 4.79 Å². The number of nitrogens with zero attached hydrogens (tertiary/aromatic N) is 2. The maximum Gasteiger partial charge on any atom is 0.315 e. The van der Waals surface area contributed by atoms with Gasteiger partial charge in [-0.3, -0.25) is 9.69 Å². The van der Waals surface area contributed by atoms with E-state index in [9.17, 15) is 14.4 Å². The second-order valence-corrected chi connectivity index (χ2v) is 12.8. The molecule has 1 aromatic rings. The number of rotatable bonds is 15. The van der Waals surface area contributed by atoms with E-state index in [1.807, 2.05) is 66.2 Å². The van der Waals surface area contributed by atoms with Crippen LogP contribution in [0, 0.1) is 5.41 Å². The monoisotopic (exact) mass is 742 g/mol. The van der Waals surface area contributed by atoms with Crippen molar-refractivity contribution in [2.24, 2.45) is 5.41 Å². The van der Waals surface area contributed by atoms with Gasteiger partial charge < -0.3 is 30.6 Å². The van der Waals surface area contributed by atoms with E-state index in [0.29, 0.717) is 12.8 Å². The van der Waals surface area contributed by atoms with Crippen molar-refractivity contribution in [1.29, 1.82) is 0 Å². The molecule has 0 radical (unpaired) electrons. The minimum Gasteiger partial charge on any atom is -0.483 e. The van der Waals surface area contributed by atoms with Crippen molar-refractivity contribution in [3.63, 3.8) is 0 Å². The molecule has 4 N–H and O–H groups in total.